The number of likely N-dealkylation sites (tertiary alicyclic amines) is 1. The summed E-state index contributed by atoms with van der Waals surface area (Å²) in [7, 11) is 1.35. The van der Waals surface area contributed by atoms with E-state index in [0.717, 1.165) is 56.2 Å². The minimum atomic E-state index is -0.450. The van der Waals surface area contributed by atoms with E-state index < -0.39 is 11.6 Å². The molecule has 1 amide bonds. The van der Waals surface area contributed by atoms with Crippen LogP contribution in [0.5, 0.6) is 0 Å². The average Bonchev–Trinajstić information content (AvgIpc) is 3.07. The predicted octanol–water partition coefficient (Wildman–Crippen LogP) is 5.51. The number of amides is 1. The smallest absolute Gasteiger partial charge is 0.410 e. The van der Waals surface area contributed by atoms with Crippen molar-refractivity contribution in [2.24, 2.45) is 5.92 Å². The van der Waals surface area contributed by atoms with Gasteiger partial charge in [-0.05, 0) is 70.6 Å². The zero-order chi connectivity index (χ0) is 21.9. The van der Waals surface area contributed by atoms with E-state index >= 15 is 0 Å². The van der Waals surface area contributed by atoms with Gasteiger partial charge in [0, 0.05) is 36.7 Å². The molecule has 164 valence electrons. The lowest BCUT2D eigenvalue weighted by atomic mass is 9.92. The molecule has 2 heterocycles. The third-order valence-corrected chi connectivity index (χ3v) is 5.86. The zero-order valence-corrected chi connectivity index (χ0v) is 19.0. The van der Waals surface area contributed by atoms with Crippen LogP contribution in [0.2, 0.25) is 5.02 Å². The Kier molecular flexibility index (Phi) is 6.96. The number of esters is 1. The first kappa shape index (κ1) is 22.5. The van der Waals surface area contributed by atoms with E-state index in [1.54, 1.807) is 6.07 Å². The summed E-state index contributed by atoms with van der Waals surface area (Å²) in [5, 5.41) is 1.38. The molecule has 2 aromatic rings. The monoisotopic (exact) mass is 434 g/mol. The second-order valence-electron chi connectivity index (χ2n) is 8.94. The standard InChI is InChI=1S/C23H31ClN2O4/c1-23(2,3)30-22(28)26-11-7-16(8-12-26)6-5-10-25-13-9-17-14-18(21(27)29-4)19(24)15-20(17)25/h9,13-16H,5-8,10-12H2,1-4H3. The quantitative estimate of drug-likeness (QED) is 0.582. The number of rotatable bonds is 5. The van der Waals surface area contributed by atoms with Crippen LogP contribution in [0.15, 0.2) is 24.4 Å². The summed E-state index contributed by atoms with van der Waals surface area (Å²) in [6.07, 6.45) is 6.03. The van der Waals surface area contributed by atoms with Gasteiger partial charge in [0.2, 0.25) is 0 Å². The highest BCUT2D eigenvalue weighted by atomic mass is 35.5. The molecule has 1 aromatic carbocycles. The Morgan fingerprint density at radius 1 is 1.20 bits per heavy atom. The summed E-state index contributed by atoms with van der Waals surface area (Å²) in [6.45, 7) is 8.10. The Bertz CT molecular complexity index is 908. The van der Waals surface area contributed by atoms with Gasteiger partial charge in [-0.15, -0.1) is 0 Å². The first-order valence-electron chi connectivity index (χ1n) is 10.5. The Morgan fingerprint density at radius 2 is 1.90 bits per heavy atom. The van der Waals surface area contributed by atoms with Gasteiger partial charge in [0.05, 0.1) is 17.7 Å². The minimum Gasteiger partial charge on any atom is -0.465 e. The first-order valence-corrected chi connectivity index (χ1v) is 10.9. The van der Waals surface area contributed by atoms with Crippen LogP contribution in [0, 0.1) is 5.92 Å². The third kappa shape index (κ3) is 5.48. The van der Waals surface area contributed by atoms with Gasteiger partial charge in [-0.3, -0.25) is 0 Å². The van der Waals surface area contributed by atoms with E-state index in [9.17, 15) is 9.59 Å². The second-order valence-corrected chi connectivity index (χ2v) is 9.35. The molecule has 1 saturated heterocycles. The molecule has 1 aliphatic rings. The number of piperidine rings is 1. The van der Waals surface area contributed by atoms with Crippen molar-refractivity contribution in [3.05, 3.63) is 35.0 Å². The average molecular weight is 435 g/mol. The van der Waals surface area contributed by atoms with E-state index in [4.69, 9.17) is 21.1 Å². The van der Waals surface area contributed by atoms with E-state index in [-0.39, 0.29) is 6.09 Å². The van der Waals surface area contributed by atoms with Gasteiger partial charge < -0.3 is 18.9 Å². The number of aromatic nitrogens is 1. The van der Waals surface area contributed by atoms with Crippen molar-refractivity contribution >= 4 is 34.6 Å². The molecule has 0 N–H and O–H groups in total. The van der Waals surface area contributed by atoms with Crippen molar-refractivity contribution in [1.29, 1.82) is 0 Å². The molecular formula is C23H31ClN2O4. The van der Waals surface area contributed by atoms with Crippen LogP contribution in [-0.4, -0.2) is 47.3 Å². The Labute approximate surface area is 183 Å². The number of nitrogens with zero attached hydrogens (tertiary/aromatic N) is 2. The van der Waals surface area contributed by atoms with Gasteiger partial charge in [-0.2, -0.15) is 0 Å². The summed E-state index contributed by atoms with van der Waals surface area (Å²) < 4.78 is 12.4. The Hall–Kier alpha value is -2.21. The molecule has 0 spiro atoms. The highest BCUT2D eigenvalue weighted by Gasteiger charge is 2.26. The van der Waals surface area contributed by atoms with E-state index in [1.807, 2.05) is 44.0 Å². The van der Waals surface area contributed by atoms with Crippen molar-refractivity contribution in [3.8, 4) is 0 Å². The van der Waals surface area contributed by atoms with Crippen molar-refractivity contribution in [2.45, 2.75) is 58.6 Å². The maximum atomic E-state index is 12.2. The first-order chi connectivity index (χ1) is 14.2. The number of hydrogen-bond donors (Lipinski definition) is 0. The number of carbonyl (C=O) groups excluding carboxylic acids is 2. The molecule has 0 unspecified atom stereocenters. The largest absolute Gasteiger partial charge is 0.465 e. The zero-order valence-electron chi connectivity index (χ0n) is 18.2. The number of fused-ring (bicyclic) bond motifs is 1. The summed E-state index contributed by atoms with van der Waals surface area (Å²) in [5.74, 6) is 0.201. The van der Waals surface area contributed by atoms with Gasteiger partial charge >= 0.3 is 12.1 Å². The van der Waals surface area contributed by atoms with Crippen molar-refractivity contribution in [2.75, 3.05) is 20.2 Å². The van der Waals surface area contributed by atoms with Crippen LogP contribution < -0.4 is 0 Å². The molecule has 0 radical (unpaired) electrons. The lowest BCUT2D eigenvalue weighted by molar-refractivity contribution is 0.0180. The molecule has 0 aliphatic carbocycles. The third-order valence-electron chi connectivity index (χ3n) is 5.54. The lowest BCUT2D eigenvalue weighted by Crippen LogP contribution is -2.41. The molecule has 0 atom stereocenters. The normalized spacial score (nSPS) is 15.4. The number of ether oxygens (including phenoxy) is 2. The predicted molar refractivity (Wildman–Crippen MR) is 118 cm³/mol. The van der Waals surface area contributed by atoms with Crippen molar-refractivity contribution in [1.82, 2.24) is 9.47 Å². The van der Waals surface area contributed by atoms with Crippen LogP contribution in [0.4, 0.5) is 4.79 Å². The minimum absolute atomic E-state index is 0.206. The summed E-state index contributed by atoms with van der Waals surface area (Å²) >= 11 is 6.28. The van der Waals surface area contributed by atoms with Crippen molar-refractivity contribution < 1.29 is 19.1 Å². The summed E-state index contributed by atoms with van der Waals surface area (Å²) in [5.41, 5.74) is 0.960. The van der Waals surface area contributed by atoms with Gasteiger partial charge in [-0.1, -0.05) is 11.6 Å². The SMILES string of the molecule is COC(=O)c1cc2ccn(CCCC3CCN(C(=O)OC(C)(C)C)CC3)c2cc1Cl. The Balaban J connectivity index is 1.50. The van der Waals surface area contributed by atoms with Crippen LogP contribution in [0.1, 0.15) is 56.8 Å². The van der Waals surface area contributed by atoms with Gasteiger partial charge in [0.15, 0.2) is 0 Å². The molecule has 1 fully saturated rings. The van der Waals surface area contributed by atoms with Crippen LogP contribution in [0.3, 0.4) is 0 Å². The van der Waals surface area contributed by atoms with Crippen LogP contribution in [0.25, 0.3) is 10.9 Å². The van der Waals surface area contributed by atoms with Crippen LogP contribution >= 0.6 is 11.6 Å². The molecule has 30 heavy (non-hydrogen) atoms. The van der Waals surface area contributed by atoms with Crippen molar-refractivity contribution in [3.63, 3.8) is 0 Å². The fourth-order valence-corrected chi connectivity index (χ4v) is 4.19. The second kappa shape index (κ2) is 9.29. The maximum Gasteiger partial charge on any atom is 0.410 e. The van der Waals surface area contributed by atoms with E-state index in [2.05, 4.69) is 4.57 Å². The fraction of sp³-hybridized carbons (Fsp3) is 0.565. The van der Waals surface area contributed by atoms with Gasteiger partial charge in [-0.25, -0.2) is 9.59 Å². The van der Waals surface area contributed by atoms with Crippen LogP contribution in [-0.2, 0) is 16.0 Å². The molecule has 1 aliphatic heterocycles. The number of carbonyl (C=O) groups is 2. The van der Waals surface area contributed by atoms with Gasteiger partial charge in [0.25, 0.3) is 0 Å². The van der Waals surface area contributed by atoms with E-state index in [0.29, 0.717) is 16.5 Å². The van der Waals surface area contributed by atoms with Gasteiger partial charge in [0.1, 0.15) is 5.60 Å². The highest BCUT2D eigenvalue weighted by molar-refractivity contribution is 6.34. The number of benzene rings is 1. The van der Waals surface area contributed by atoms with E-state index in [1.165, 1.54) is 7.11 Å². The topological polar surface area (TPSA) is 60.8 Å². The molecule has 0 bridgehead atoms. The molecule has 7 heteroatoms. The molecule has 3 rings (SSSR count). The number of aryl methyl sites for hydroxylation is 1. The molecule has 0 saturated carbocycles. The fourth-order valence-electron chi connectivity index (χ4n) is 3.95. The Morgan fingerprint density at radius 3 is 2.53 bits per heavy atom. The highest BCUT2D eigenvalue weighted by Crippen LogP contribution is 2.27. The summed E-state index contributed by atoms with van der Waals surface area (Å²) in [4.78, 5) is 25.8. The number of methoxy groups -OCH3 is 1. The molecule has 1 aromatic heterocycles. The molecular weight excluding hydrogens is 404 g/mol. The lowest BCUT2D eigenvalue weighted by Gasteiger charge is -2.33. The number of hydrogen-bond acceptors (Lipinski definition) is 4. The maximum absolute atomic E-state index is 12.2. The summed E-state index contributed by atoms with van der Waals surface area (Å²) in [6, 6.07) is 5.62. The molecule has 6 nitrogen and oxygen atoms in total. The number of halogens is 1.